The summed E-state index contributed by atoms with van der Waals surface area (Å²) in [5.74, 6) is -0.175. The maximum absolute atomic E-state index is 14.1. The van der Waals surface area contributed by atoms with Gasteiger partial charge in [-0.05, 0) is 55.6 Å². The van der Waals surface area contributed by atoms with Crippen molar-refractivity contribution < 1.29 is 22.8 Å². The zero-order valence-electron chi connectivity index (χ0n) is 29.3. The van der Waals surface area contributed by atoms with Crippen LogP contribution in [0.15, 0.2) is 67.0 Å². The number of carbonyl (C=O) groups excluding carboxylic acids is 2. The third-order valence-corrected chi connectivity index (χ3v) is 10.1. The number of rotatable bonds is 9. The molecule has 0 unspecified atom stereocenters. The molecule has 5 heterocycles. The second-order valence-electron chi connectivity index (χ2n) is 13.5. The van der Waals surface area contributed by atoms with Crippen molar-refractivity contribution in [3.05, 3.63) is 94.8 Å². The number of hydrogen-bond donors (Lipinski definition) is 3. The predicted octanol–water partition coefficient (Wildman–Crippen LogP) is 5.29. The third-order valence-electron chi connectivity index (χ3n) is 10.1. The molecule has 2 amide bonds. The van der Waals surface area contributed by atoms with Gasteiger partial charge < -0.3 is 30.7 Å². The Morgan fingerprint density at radius 1 is 0.885 bits per heavy atom. The molecule has 0 spiro atoms. The molecule has 2 aromatic heterocycles. The number of amides is 2. The van der Waals surface area contributed by atoms with Crippen LogP contribution in [0.25, 0.3) is 11.3 Å². The fourth-order valence-electron chi connectivity index (χ4n) is 6.98. The van der Waals surface area contributed by atoms with Crippen LogP contribution in [0.1, 0.15) is 44.3 Å². The first-order valence-electron chi connectivity index (χ1n) is 17.6. The van der Waals surface area contributed by atoms with Crippen LogP contribution < -0.4 is 20.9 Å². The van der Waals surface area contributed by atoms with Crippen molar-refractivity contribution in [1.29, 1.82) is 0 Å². The number of benzene rings is 2. The van der Waals surface area contributed by atoms with E-state index in [4.69, 9.17) is 0 Å². The Labute approximate surface area is 300 Å². The molecule has 272 valence electrons. The molecule has 0 bridgehead atoms. The van der Waals surface area contributed by atoms with E-state index < -0.39 is 17.6 Å². The average molecular weight is 714 g/mol. The number of anilines is 4. The van der Waals surface area contributed by atoms with Gasteiger partial charge in [-0.3, -0.25) is 19.5 Å². The molecule has 0 aliphatic carbocycles. The summed E-state index contributed by atoms with van der Waals surface area (Å²) in [4.78, 5) is 44.3. The fraction of sp³-hybridized carbons (Fsp3) is 0.368. The molecule has 2 saturated heterocycles. The van der Waals surface area contributed by atoms with Crippen LogP contribution in [0.4, 0.5) is 36.1 Å². The third kappa shape index (κ3) is 7.73. The molecule has 0 atom stereocenters. The average Bonchev–Trinajstić information content (AvgIpc) is 3.54. The van der Waals surface area contributed by atoms with Crippen LogP contribution in [-0.2, 0) is 19.3 Å². The first kappa shape index (κ1) is 35.4. The van der Waals surface area contributed by atoms with Gasteiger partial charge in [0.05, 0.1) is 40.6 Å². The van der Waals surface area contributed by atoms with Crippen LogP contribution >= 0.6 is 0 Å². The zero-order chi connectivity index (χ0) is 36.4. The SMILES string of the molecule is CCN1CCN(Cc2ccc(NC(=O)c3ccc(-c4ncc(Nc5ccc(N6CCN(C)CC6)cn5)c5c4CNC5=O)cc3)cc2C(F)(F)F)CC1. The van der Waals surface area contributed by atoms with E-state index in [2.05, 4.69) is 54.6 Å². The van der Waals surface area contributed by atoms with Gasteiger partial charge in [0, 0.05) is 87.8 Å². The molecule has 2 fully saturated rings. The number of nitrogens with one attached hydrogen (secondary N) is 3. The van der Waals surface area contributed by atoms with E-state index >= 15 is 0 Å². The minimum atomic E-state index is -4.57. The molecule has 4 aromatic rings. The molecule has 52 heavy (non-hydrogen) atoms. The summed E-state index contributed by atoms with van der Waals surface area (Å²) in [5, 5.41) is 8.76. The van der Waals surface area contributed by atoms with Crippen molar-refractivity contribution in [3.8, 4) is 11.3 Å². The maximum atomic E-state index is 14.1. The Balaban J connectivity index is 1.03. The van der Waals surface area contributed by atoms with Gasteiger partial charge in [-0.1, -0.05) is 25.1 Å². The van der Waals surface area contributed by atoms with Crippen molar-refractivity contribution in [1.82, 2.24) is 30.0 Å². The van der Waals surface area contributed by atoms with E-state index in [0.717, 1.165) is 57.6 Å². The predicted molar refractivity (Wildman–Crippen MR) is 195 cm³/mol. The number of carbonyl (C=O) groups is 2. The van der Waals surface area contributed by atoms with Crippen LogP contribution in [-0.4, -0.2) is 102 Å². The van der Waals surface area contributed by atoms with Crippen molar-refractivity contribution in [2.45, 2.75) is 26.2 Å². The number of fused-ring (bicyclic) bond motifs is 1. The lowest BCUT2D eigenvalue weighted by molar-refractivity contribution is -0.138. The Bertz CT molecular complexity index is 1920. The second-order valence-corrected chi connectivity index (χ2v) is 13.5. The summed E-state index contributed by atoms with van der Waals surface area (Å²) >= 11 is 0. The highest BCUT2D eigenvalue weighted by molar-refractivity contribution is 6.06. The lowest BCUT2D eigenvalue weighted by Gasteiger charge is -2.34. The Morgan fingerprint density at radius 3 is 2.29 bits per heavy atom. The molecule has 3 aliphatic heterocycles. The molecule has 2 aromatic carbocycles. The Morgan fingerprint density at radius 2 is 1.62 bits per heavy atom. The van der Waals surface area contributed by atoms with E-state index in [1.807, 2.05) is 23.2 Å². The molecular weight excluding hydrogens is 671 g/mol. The van der Waals surface area contributed by atoms with Crippen LogP contribution in [0.3, 0.4) is 0 Å². The number of nitrogens with zero attached hydrogens (tertiary/aromatic N) is 6. The van der Waals surface area contributed by atoms with E-state index in [1.54, 1.807) is 30.5 Å². The number of pyridine rings is 2. The van der Waals surface area contributed by atoms with Crippen LogP contribution in [0, 0.1) is 0 Å². The molecule has 3 N–H and O–H groups in total. The minimum absolute atomic E-state index is 0.0663. The molecule has 14 heteroatoms. The standard InChI is InChI=1S/C38H42F3N9O2/c1-3-48-14-16-49(17-15-48)24-27-8-9-28(20-31(27)38(39,40)41)45-36(51)26-6-4-25(5-7-26)35-30-22-44-37(52)34(30)32(23-43-35)46-33-11-10-29(21-42-33)50-18-12-47(2)13-19-50/h4-11,20-21,23H,3,12-19,22,24H2,1-2H3,(H,42,46)(H,44,52)(H,45,51). The van der Waals surface area contributed by atoms with Gasteiger partial charge in [0.2, 0.25) is 0 Å². The second kappa shape index (κ2) is 14.9. The number of hydrogen-bond acceptors (Lipinski definition) is 9. The largest absolute Gasteiger partial charge is 0.416 e. The first-order chi connectivity index (χ1) is 25.1. The van der Waals surface area contributed by atoms with E-state index in [-0.39, 0.29) is 35.8 Å². The molecule has 0 saturated carbocycles. The zero-order valence-corrected chi connectivity index (χ0v) is 29.3. The highest BCUT2D eigenvalue weighted by Crippen LogP contribution is 2.36. The van der Waals surface area contributed by atoms with E-state index in [9.17, 15) is 22.8 Å². The highest BCUT2D eigenvalue weighted by Gasteiger charge is 2.34. The van der Waals surface area contributed by atoms with Gasteiger partial charge in [-0.15, -0.1) is 0 Å². The summed E-state index contributed by atoms with van der Waals surface area (Å²) in [5.41, 5.74) is 3.82. The van der Waals surface area contributed by atoms with Crippen molar-refractivity contribution in [2.24, 2.45) is 0 Å². The smallest absolute Gasteiger partial charge is 0.368 e. The summed E-state index contributed by atoms with van der Waals surface area (Å²) in [6, 6.07) is 14.5. The van der Waals surface area contributed by atoms with E-state index in [0.29, 0.717) is 47.0 Å². The number of alkyl halides is 3. The number of halogens is 3. The molecule has 0 radical (unpaired) electrons. The van der Waals surface area contributed by atoms with Crippen molar-refractivity contribution in [3.63, 3.8) is 0 Å². The molecular formula is C38H42F3N9O2. The van der Waals surface area contributed by atoms with Crippen LogP contribution in [0.5, 0.6) is 0 Å². The topological polar surface area (TPSA) is 109 Å². The normalized spacial score (nSPS) is 17.2. The van der Waals surface area contributed by atoms with Gasteiger partial charge in [-0.25, -0.2) is 4.98 Å². The molecule has 3 aliphatic rings. The summed E-state index contributed by atoms with van der Waals surface area (Å²) in [6.45, 7) is 10.4. The Kier molecular flexibility index (Phi) is 10.1. The first-order valence-corrected chi connectivity index (χ1v) is 17.6. The molecule has 11 nitrogen and oxygen atoms in total. The summed E-state index contributed by atoms with van der Waals surface area (Å²) in [6.07, 6.45) is -1.14. The van der Waals surface area contributed by atoms with Gasteiger partial charge >= 0.3 is 6.18 Å². The Hall–Kier alpha value is -5.05. The molecule has 7 rings (SSSR count). The fourth-order valence-corrected chi connectivity index (χ4v) is 6.98. The van der Waals surface area contributed by atoms with Gasteiger partial charge in [0.15, 0.2) is 0 Å². The lowest BCUT2D eigenvalue weighted by atomic mass is 10.0. The number of piperazine rings is 2. The van der Waals surface area contributed by atoms with Gasteiger partial charge in [-0.2, -0.15) is 13.2 Å². The van der Waals surface area contributed by atoms with Gasteiger partial charge in [0.25, 0.3) is 11.8 Å². The quantitative estimate of drug-likeness (QED) is 0.213. The van der Waals surface area contributed by atoms with Crippen LogP contribution in [0.2, 0.25) is 0 Å². The summed E-state index contributed by atoms with van der Waals surface area (Å²) in [7, 11) is 2.11. The summed E-state index contributed by atoms with van der Waals surface area (Å²) < 4.78 is 42.4. The van der Waals surface area contributed by atoms with Crippen molar-refractivity contribution in [2.75, 3.05) is 81.5 Å². The van der Waals surface area contributed by atoms with E-state index in [1.165, 1.54) is 12.1 Å². The monoisotopic (exact) mass is 713 g/mol. The lowest BCUT2D eigenvalue weighted by Crippen LogP contribution is -2.45. The van der Waals surface area contributed by atoms with Crippen molar-refractivity contribution >= 4 is 34.7 Å². The number of likely N-dealkylation sites (N-methyl/N-ethyl adjacent to an activating group) is 2. The highest BCUT2D eigenvalue weighted by atomic mass is 19.4. The maximum Gasteiger partial charge on any atom is 0.416 e. The minimum Gasteiger partial charge on any atom is -0.368 e. The van der Waals surface area contributed by atoms with Gasteiger partial charge in [0.1, 0.15) is 5.82 Å². The number of aromatic nitrogens is 2.